The summed E-state index contributed by atoms with van der Waals surface area (Å²) < 4.78 is 0. The highest BCUT2D eigenvalue weighted by Crippen LogP contribution is 2.59. The highest BCUT2D eigenvalue weighted by Gasteiger charge is 2.66. The Kier molecular flexibility index (Phi) is 4.70. The molecule has 0 heterocycles. The van der Waals surface area contributed by atoms with E-state index in [1.165, 1.54) is 38.5 Å². The van der Waals surface area contributed by atoms with Gasteiger partial charge in [-0.15, -0.1) is 0 Å². The number of amides is 2. The molecule has 130 valence electrons. The Morgan fingerprint density at radius 1 is 0.826 bits per heavy atom. The van der Waals surface area contributed by atoms with Crippen molar-refractivity contribution in [3.8, 4) is 0 Å². The van der Waals surface area contributed by atoms with Crippen molar-refractivity contribution in [3.05, 3.63) is 0 Å². The van der Waals surface area contributed by atoms with Gasteiger partial charge in [0.1, 0.15) is 0 Å². The number of nitrogens with zero attached hydrogens (tertiary/aromatic N) is 1. The van der Waals surface area contributed by atoms with Gasteiger partial charge in [0, 0.05) is 12.1 Å². The van der Waals surface area contributed by atoms with Crippen LogP contribution in [0.2, 0.25) is 0 Å². The van der Waals surface area contributed by atoms with Gasteiger partial charge in [-0.25, -0.2) is 0 Å². The fraction of sp³-hybridized carbons (Fsp3) is 0.895. The molecule has 2 amide bonds. The lowest BCUT2D eigenvalue weighted by Crippen LogP contribution is -2.50. The minimum atomic E-state index is -0.305. The number of rotatable bonds is 4. The molecular formula is C19H32N2O2. The maximum atomic E-state index is 13.4. The standard InChI is InChI=1S/C19H32N2O2/c1-19(2)15(17(20)22)16(19)18(23)21(13-9-5-3-6-10-13)14-11-7-4-8-12-14/h13-16H,3-12H2,1-2H3,(H2,20,22). The molecule has 2 atom stereocenters. The molecule has 3 aliphatic rings. The van der Waals surface area contributed by atoms with Crippen LogP contribution in [-0.4, -0.2) is 28.8 Å². The van der Waals surface area contributed by atoms with E-state index in [2.05, 4.69) is 4.90 Å². The van der Waals surface area contributed by atoms with E-state index in [1.807, 2.05) is 13.8 Å². The summed E-state index contributed by atoms with van der Waals surface area (Å²) in [7, 11) is 0. The summed E-state index contributed by atoms with van der Waals surface area (Å²) in [5.74, 6) is -0.549. The highest BCUT2D eigenvalue weighted by atomic mass is 16.2. The first-order valence-electron chi connectivity index (χ1n) is 9.56. The van der Waals surface area contributed by atoms with Crippen molar-refractivity contribution in [1.82, 2.24) is 4.90 Å². The minimum Gasteiger partial charge on any atom is -0.369 e. The van der Waals surface area contributed by atoms with Crippen LogP contribution in [0, 0.1) is 17.3 Å². The van der Waals surface area contributed by atoms with Crippen LogP contribution in [-0.2, 0) is 9.59 Å². The third-order valence-electron chi connectivity index (χ3n) is 6.59. The van der Waals surface area contributed by atoms with Crippen molar-refractivity contribution in [2.75, 3.05) is 0 Å². The first-order valence-corrected chi connectivity index (χ1v) is 9.56. The summed E-state index contributed by atoms with van der Waals surface area (Å²) in [6.07, 6.45) is 12.1. The van der Waals surface area contributed by atoms with Crippen LogP contribution in [0.5, 0.6) is 0 Å². The van der Waals surface area contributed by atoms with Crippen molar-refractivity contribution >= 4 is 11.8 Å². The van der Waals surface area contributed by atoms with Crippen LogP contribution in [0.25, 0.3) is 0 Å². The predicted octanol–water partition coefficient (Wildman–Crippen LogP) is 3.24. The van der Waals surface area contributed by atoms with Gasteiger partial charge in [-0.1, -0.05) is 52.4 Å². The number of hydrogen-bond acceptors (Lipinski definition) is 2. The molecule has 23 heavy (non-hydrogen) atoms. The average Bonchev–Trinajstić information content (AvgIpc) is 3.12. The first kappa shape index (κ1) is 16.8. The normalized spacial score (nSPS) is 31.6. The second kappa shape index (κ2) is 6.45. The van der Waals surface area contributed by atoms with E-state index >= 15 is 0 Å². The second-order valence-corrected chi connectivity index (χ2v) is 8.51. The lowest BCUT2D eigenvalue weighted by Gasteiger charge is -2.42. The molecule has 3 fully saturated rings. The van der Waals surface area contributed by atoms with Crippen LogP contribution >= 0.6 is 0 Å². The zero-order valence-electron chi connectivity index (χ0n) is 14.7. The van der Waals surface area contributed by atoms with Gasteiger partial charge in [0.15, 0.2) is 0 Å². The van der Waals surface area contributed by atoms with Gasteiger partial charge in [-0.05, 0) is 31.1 Å². The lowest BCUT2D eigenvalue weighted by atomic mass is 9.88. The van der Waals surface area contributed by atoms with Crippen LogP contribution in [0.1, 0.15) is 78.1 Å². The van der Waals surface area contributed by atoms with E-state index in [-0.39, 0.29) is 29.1 Å². The third-order valence-corrected chi connectivity index (χ3v) is 6.59. The average molecular weight is 320 g/mol. The molecule has 0 spiro atoms. The largest absolute Gasteiger partial charge is 0.369 e. The molecule has 0 aromatic rings. The van der Waals surface area contributed by atoms with Gasteiger partial charge in [-0.2, -0.15) is 0 Å². The predicted molar refractivity (Wildman–Crippen MR) is 90.5 cm³/mol. The molecule has 2 N–H and O–H groups in total. The molecule has 0 aromatic heterocycles. The van der Waals surface area contributed by atoms with Crippen molar-refractivity contribution in [3.63, 3.8) is 0 Å². The summed E-state index contributed by atoms with van der Waals surface area (Å²) in [4.78, 5) is 27.3. The Hall–Kier alpha value is -1.06. The SMILES string of the molecule is CC1(C)C(C(N)=O)C1C(=O)N(C1CCCCC1)C1CCCCC1. The number of nitrogens with two attached hydrogens (primary N) is 1. The molecule has 0 aliphatic heterocycles. The Labute approximate surface area is 140 Å². The summed E-state index contributed by atoms with van der Waals surface area (Å²) in [6, 6.07) is 0.786. The van der Waals surface area contributed by atoms with Gasteiger partial charge < -0.3 is 10.6 Å². The molecule has 3 saturated carbocycles. The number of carbonyl (C=O) groups excluding carboxylic acids is 2. The van der Waals surface area contributed by atoms with Gasteiger partial charge in [0.2, 0.25) is 11.8 Å². The molecule has 4 nitrogen and oxygen atoms in total. The van der Waals surface area contributed by atoms with Crippen molar-refractivity contribution < 1.29 is 9.59 Å². The van der Waals surface area contributed by atoms with Crippen LogP contribution in [0.3, 0.4) is 0 Å². The van der Waals surface area contributed by atoms with E-state index in [4.69, 9.17) is 5.73 Å². The summed E-state index contributed by atoms with van der Waals surface area (Å²) in [5, 5.41) is 0. The van der Waals surface area contributed by atoms with Crippen molar-refractivity contribution in [1.29, 1.82) is 0 Å². The van der Waals surface area contributed by atoms with Gasteiger partial charge in [0.05, 0.1) is 11.8 Å². The van der Waals surface area contributed by atoms with E-state index in [1.54, 1.807) is 0 Å². The minimum absolute atomic E-state index is 0.191. The molecule has 3 rings (SSSR count). The van der Waals surface area contributed by atoms with Gasteiger partial charge >= 0.3 is 0 Å². The summed E-state index contributed by atoms with van der Waals surface area (Å²) >= 11 is 0. The van der Waals surface area contributed by atoms with Gasteiger partial charge in [0.25, 0.3) is 0 Å². The van der Waals surface area contributed by atoms with Crippen molar-refractivity contribution in [2.24, 2.45) is 23.0 Å². The number of carbonyl (C=O) groups is 2. The number of primary amides is 1. The van der Waals surface area contributed by atoms with Crippen LogP contribution < -0.4 is 5.73 Å². The van der Waals surface area contributed by atoms with Crippen molar-refractivity contribution in [2.45, 2.75) is 90.1 Å². The quantitative estimate of drug-likeness (QED) is 0.864. The lowest BCUT2D eigenvalue weighted by molar-refractivity contribution is -0.141. The Morgan fingerprint density at radius 2 is 1.26 bits per heavy atom. The second-order valence-electron chi connectivity index (χ2n) is 8.51. The summed E-state index contributed by atoms with van der Waals surface area (Å²) in [6.45, 7) is 4.04. The number of hydrogen-bond donors (Lipinski definition) is 1. The fourth-order valence-corrected chi connectivity index (χ4v) is 5.17. The van der Waals surface area contributed by atoms with Crippen LogP contribution in [0.15, 0.2) is 0 Å². The zero-order valence-corrected chi connectivity index (χ0v) is 14.7. The van der Waals surface area contributed by atoms with E-state index < -0.39 is 0 Å². The van der Waals surface area contributed by atoms with E-state index in [9.17, 15) is 9.59 Å². The summed E-state index contributed by atoms with van der Waals surface area (Å²) in [5.41, 5.74) is 5.29. The van der Waals surface area contributed by atoms with Crippen LogP contribution in [0.4, 0.5) is 0 Å². The molecule has 3 aliphatic carbocycles. The molecule has 0 radical (unpaired) electrons. The maximum Gasteiger partial charge on any atom is 0.227 e. The smallest absolute Gasteiger partial charge is 0.227 e. The topological polar surface area (TPSA) is 63.4 Å². The molecule has 0 saturated heterocycles. The fourth-order valence-electron chi connectivity index (χ4n) is 5.17. The Bertz CT molecular complexity index is 444. The highest BCUT2D eigenvalue weighted by molar-refractivity contribution is 5.94. The maximum absolute atomic E-state index is 13.4. The monoisotopic (exact) mass is 320 g/mol. The first-order chi connectivity index (χ1) is 10.9. The molecule has 0 aromatic carbocycles. The molecule has 4 heteroatoms. The third kappa shape index (κ3) is 3.14. The van der Waals surface area contributed by atoms with E-state index in [0.717, 1.165) is 25.7 Å². The Balaban J connectivity index is 1.79. The zero-order chi connectivity index (χ0) is 16.6. The molecule has 0 bridgehead atoms. The molecule has 2 unspecified atom stereocenters. The molecular weight excluding hydrogens is 288 g/mol. The van der Waals surface area contributed by atoms with E-state index in [0.29, 0.717) is 12.1 Å². The Morgan fingerprint density at radius 3 is 1.61 bits per heavy atom. The van der Waals surface area contributed by atoms with Gasteiger partial charge in [-0.3, -0.25) is 9.59 Å².